The van der Waals surface area contributed by atoms with Crippen molar-refractivity contribution in [3.05, 3.63) is 41.1 Å². The van der Waals surface area contributed by atoms with Crippen LogP contribution >= 0.6 is 0 Å². The monoisotopic (exact) mass is 354 g/mol. The predicted molar refractivity (Wildman–Crippen MR) is 100 cm³/mol. The fraction of sp³-hybridized carbons (Fsp3) is 0.524. The van der Waals surface area contributed by atoms with E-state index in [1.54, 1.807) is 7.11 Å². The van der Waals surface area contributed by atoms with E-state index in [0.717, 1.165) is 41.4 Å². The number of pyridine rings is 1. The molecular formula is C21H26N2O3. The summed E-state index contributed by atoms with van der Waals surface area (Å²) in [6.07, 6.45) is 2.58. The van der Waals surface area contributed by atoms with Crippen LogP contribution in [-0.4, -0.2) is 52.3 Å². The van der Waals surface area contributed by atoms with Gasteiger partial charge in [-0.15, -0.1) is 0 Å². The van der Waals surface area contributed by atoms with Crippen LogP contribution in [0.3, 0.4) is 0 Å². The molecule has 0 radical (unpaired) electrons. The molecule has 5 nitrogen and oxygen atoms in total. The zero-order valence-electron chi connectivity index (χ0n) is 15.7. The summed E-state index contributed by atoms with van der Waals surface area (Å²) in [6, 6.07) is 7.91. The number of amides is 1. The fourth-order valence-electron chi connectivity index (χ4n) is 4.73. The van der Waals surface area contributed by atoms with E-state index in [0.29, 0.717) is 18.5 Å². The minimum absolute atomic E-state index is 0.00330. The molecule has 2 fully saturated rings. The van der Waals surface area contributed by atoms with Crippen molar-refractivity contribution in [1.82, 2.24) is 9.88 Å². The van der Waals surface area contributed by atoms with Gasteiger partial charge in [-0.2, -0.15) is 0 Å². The van der Waals surface area contributed by atoms with Crippen molar-refractivity contribution < 1.29 is 14.6 Å². The van der Waals surface area contributed by atoms with Crippen molar-refractivity contribution in [3.63, 3.8) is 0 Å². The van der Waals surface area contributed by atoms with Crippen LogP contribution in [-0.2, 0) is 4.74 Å². The van der Waals surface area contributed by atoms with E-state index in [-0.39, 0.29) is 23.7 Å². The van der Waals surface area contributed by atoms with Crippen molar-refractivity contribution in [3.8, 4) is 0 Å². The molecule has 1 saturated heterocycles. The molecule has 0 unspecified atom stereocenters. The van der Waals surface area contributed by atoms with Crippen LogP contribution in [0.2, 0.25) is 0 Å². The molecule has 1 N–H and O–H groups in total. The van der Waals surface area contributed by atoms with E-state index in [9.17, 15) is 9.90 Å². The third-order valence-electron chi connectivity index (χ3n) is 6.29. The van der Waals surface area contributed by atoms with E-state index < -0.39 is 0 Å². The fourth-order valence-corrected chi connectivity index (χ4v) is 4.73. The maximum absolute atomic E-state index is 13.4. The molecule has 1 saturated carbocycles. The molecule has 0 spiro atoms. The Morgan fingerprint density at radius 1 is 1.35 bits per heavy atom. The third kappa shape index (κ3) is 2.61. The Balaban J connectivity index is 1.72. The standard InChI is InChI=1S/C21H26N2O3/c1-13-5-4-6-15-11-17(14(2)22-19(13)15)20(25)23-10-9-21(26-3)8-7-16(24)12-18(21)23/h4-6,11,16,18,24H,7-10,12H2,1-3H3/t16-,18-,21+/m0/s1. The first-order valence-electron chi connectivity index (χ1n) is 9.36. The molecule has 5 heteroatoms. The van der Waals surface area contributed by atoms with Gasteiger partial charge >= 0.3 is 0 Å². The minimum Gasteiger partial charge on any atom is -0.393 e. The maximum Gasteiger partial charge on any atom is 0.256 e. The van der Waals surface area contributed by atoms with E-state index >= 15 is 0 Å². The van der Waals surface area contributed by atoms with Gasteiger partial charge in [0.1, 0.15) is 0 Å². The molecule has 1 aliphatic carbocycles. The number of likely N-dealkylation sites (tertiary alicyclic amines) is 1. The van der Waals surface area contributed by atoms with Crippen LogP contribution in [0.1, 0.15) is 47.3 Å². The number of methoxy groups -OCH3 is 1. The number of aryl methyl sites for hydroxylation is 2. The largest absolute Gasteiger partial charge is 0.393 e. The summed E-state index contributed by atoms with van der Waals surface area (Å²) >= 11 is 0. The smallest absolute Gasteiger partial charge is 0.256 e. The molecule has 138 valence electrons. The number of hydrogen-bond acceptors (Lipinski definition) is 4. The summed E-state index contributed by atoms with van der Waals surface area (Å²) < 4.78 is 5.86. The number of aliphatic hydroxyl groups is 1. The van der Waals surface area contributed by atoms with Crippen molar-refractivity contribution in [2.45, 2.75) is 57.3 Å². The normalized spacial score (nSPS) is 28.4. The molecule has 1 aromatic carbocycles. The number of para-hydroxylation sites is 1. The molecule has 2 aliphatic rings. The second kappa shape index (κ2) is 6.32. The van der Waals surface area contributed by atoms with Gasteiger partial charge in [-0.05, 0) is 51.2 Å². The number of benzene rings is 1. The lowest BCUT2D eigenvalue weighted by atomic mass is 9.79. The first-order valence-corrected chi connectivity index (χ1v) is 9.36. The molecule has 3 atom stereocenters. The Kier molecular flexibility index (Phi) is 4.24. The van der Waals surface area contributed by atoms with Crippen LogP contribution in [0.4, 0.5) is 0 Å². The zero-order valence-corrected chi connectivity index (χ0v) is 15.7. The van der Waals surface area contributed by atoms with Crippen LogP contribution in [0.15, 0.2) is 24.3 Å². The second-order valence-corrected chi connectivity index (χ2v) is 7.73. The van der Waals surface area contributed by atoms with Crippen molar-refractivity contribution >= 4 is 16.8 Å². The first kappa shape index (κ1) is 17.4. The molecule has 1 aromatic heterocycles. The van der Waals surface area contributed by atoms with Crippen LogP contribution < -0.4 is 0 Å². The Morgan fingerprint density at radius 2 is 2.15 bits per heavy atom. The average molecular weight is 354 g/mol. The van der Waals surface area contributed by atoms with Gasteiger partial charge in [0.05, 0.1) is 34.5 Å². The lowest BCUT2D eigenvalue weighted by Gasteiger charge is -2.42. The highest BCUT2D eigenvalue weighted by Crippen LogP contribution is 2.43. The number of aromatic nitrogens is 1. The summed E-state index contributed by atoms with van der Waals surface area (Å²) in [5.74, 6) is -0.00330. The highest BCUT2D eigenvalue weighted by atomic mass is 16.5. The first-order chi connectivity index (χ1) is 12.4. The summed E-state index contributed by atoms with van der Waals surface area (Å²) in [5.41, 5.74) is 3.14. The maximum atomic E-state index is 13.4. The predicted octanol–water partition coefficient (Wildman–Crippen LogP) is 3.00. The number of nitrogens with zero attached hydrogens (tertiary/aromatic N) is 2. The molecule has 2 heterocycles. The number of hydrogen-bond donors (Lipinski definition) is 1. The second-order valence-electron chi connectivity index (χ2n) is 7.73. The van der Waals surface area contributed by atoms with Gasteiger partial charge in [-0.3, -0.25) is 9.78 Å². The van der Waals surface area contributed by atoms with Gasteiger partial charge in [-0.1, -0.05) is 18.2 Å². The molecular weight excluding hydrogens is 328 g/mol. The van der Waals surface area contributed by atoms with Crippen LogP contribution in [0.25, 0.3) is 10.9 Å². The summed E-state index contributed by atoms with van der Waals surface area (Å²) in [7, 11) is 1.73. The molecule has 1 aliphatic heterocycles. The van der Waals surface area contributed by atoms with E-state index in [4.69, 9.17) is 9.72 Å². The molecule has 0 bridgehead atoms. The minimum atomic E-state index is -0.366. The molecule has 1 amide bonds. The molecule has 4 rings (SSSR count). The number of ether oxygens (including phenoxy) is 1. The van der Waals surface area contributed by atoms with Crippen LogP contribution in [0.5, 0.6) is 0 Å². The highest BCUT2D eigenvalue weighted by Gasteiger charge is 2.52. The molecule has 2 aromatic rings. The third-order valence-corrected chi connectivity index (χ3v) is 6.29. The van der Waals surface area contributed by atoms with E-state index in [1.807, 2.05) is 43.0 Å². The zero-order chi connectivity index (χ0) is 18.5. The van der Waals surface area contributed by atoms with Gasteiger partial charge in [0.25, 0.3) is 5.91 Å². The topological polar surface area (TPSA) is 62.7 Å². The van der Waals surface area contributed by atoms with E-state index in [1.165, 1.54) is 0 Å². The van der Waals surface area contributed by atoms with Gasteiger partial charge in [0.2, 0.25) is 0 Å². The van der Waals surface area contributed by atoms with Crippen molar-refractivity contribution in [2.75, 3.05) is 13.7 Å². The number of rotatable bonds is 2. The Bertz CT molecular complexity index is 866. The highest BCUT2D eigenvalue weighted by molar-refractivity contribution is 5.99. The Morgan fingerprint density at radius 3 is 2.92 bits per heavy atom. The summed E-state index contributed by atoms with van der Waals surface area (Å²) in [4.78, 5) is 20.0. The van der Waals surface area contributed by atoms with Gasteiger partial charge < -0.3 is 14.7 Å². The number of carbonyl (C=O) groups excluding carboxylic acids is 1. The lowest BCUT2D eigenvalue weighted by molar-refractivity contribution is -0.0824. The SMILES string of the molecule is CO[C@@]12CC[C@H](O)C[C@@H]1N(C(=O)c1cc3cccc(C)c3nc1C)CC2. The van der Waals surface area contributed by atoms with Gasteiger partial charge in [0.15, 0.2) is 0 Å². The molecule has 26 heavy (non-hydrogen) atoms. The van der Waals surface area contributed by atoms with E-state index in [2.05, 4.69) is 0 Å². The van der Waals surface area contributed by atoms with Gasteiger partial charge in [-0.25, -0.2) is 0 Å². The van der Waals surface area contributed by atoms with Crippen molar-refractivity contribution in [1.29, 1.82) is 0 Å². The average Bonchev–Trinajstić information content (AvgIpc) is 3.01. The number of aliphatic hydroxyl groups excluding tert-OH is 1. The quantitative estimate of drug-likeness (QED) is 0.901. The summed E-state index contributed by atoms with van der Waals surface area (Å²) in [5, 5.41) is 11.1. The lowest BCUT2D eigenvalue weighted by Crippen LogP contribution is -2.52. The van der Waals surface area contributed by atoms with Crippen molar-refractivity contribution in [2.24, 2.45) is 0 Å². The van der Waals surface area contributed by atoms with Crippen LogP contribution in [0, 0.1) is 13.8 Å². The Hall–Kier alpha value is -1.98. The summed E-state index contributed by atoms with van der Waals surface area (Å²) in [6.45, 7) is 4.59. The number of fused-ring (bicyclic) bond motifs is 2. The number of carbonyl (C=O) groups is 1. The van der Waals surface area contributed by atoms with Gasteiger partial charge in [0, 0.05) is 19.0 Å². The Labute approximate surface area is 154 Å².